The van der Waals surface area contributed by atoms with Crippen LogP contribution in [0.5, 0.6) is 0 Å². The highest BCUT2D eigenvalue weighted by Gasteiger charge is 2.07. The Bertz CT molecular complexity index is 381. The van der Waals surface area contributed by atoms with Crippen molar-refractivity contribution in [1.29, 1.82) is 0 Å². The summed E-state index contributed by atoms with van der Waals surface area (Å²) in [7, 11) is -3.45. The molecule has 0 saturated heterocycles. The summed E-state index contributed by atoms with van der Waals surface area (Å²) in [5.41, 5.74) is 0.833. The second-order valence-electron chi connectivity index (χ2n) is 2.76. The summed E-state index contributed by atoms with van der Waals surface area (Å²) in [4.78, 5) is 0. The van der Waals surface area contributed by atoms with Gasteiger partial charge in [-0.2, -0.15) is 8.42 Å². The number of hydrogen-bond donors (Lipinski definition) is 0. The van der Waals surface area contributed by atoms with Gasteiger partial charge >= 0.3 is 0 Å². The first-order valence-electron chi connectivity index (χ1n) is 4.16. The molecule has 0 fully saturated rings. The van der Waals surface area contributed by atoms with E-state index in [0.29, 0.717) is 0 Å². The fourth-order valence-corrected chi connectivity index (χ4v) is 1.63. The Labute approximate surface area is 84.1 Å². The molecule has 0 N–H and O–H groups in total. The summed E-state index contributed by atoms with van der Waals surface area (Å²) >= 11 is 0. The van der Waals surface area contributed by atoms with E-state index in [1.54, 1.807) is 0 Å². The SMILES string of the molecule is C=CCS(=O)(=O)OCc1ccccc1. The maximum Gasteiger partial charge on any atom is 0.271 e. The molecule has 0 radical (unpaired) electrons. The van der Waals surface area contributed by atoms with Crippen molar-refractivity contribution in [3.05, 3.63) is 48.6 Å². The van der Waals surface area contributed by atoms with Gasteiger partial charge in [0.2, 0.25) is 0 Å². The molecule has 0 saturated carbocycles. The van der Waals surface area contributed by atoms with E-state index in [9.17, 15) is 8.42 Å². The van der Waals surface area contributed by atoms with E-state index in [0.717, 1.165) is 5.56 Å². The van der Waals surface area contributed by atoms with Crippen molar-refractivity contribution in [3.63, 3.8) is 0 Å². The second kappa shape index (κ2) is 4.93. The smallest absolute Gasteiger partial charge is 0.265 e. The Morgan fingerprint density at radius 3 is 2.50 bits per heavy atom. The Morgan fingerprint density at radius 2 is 1.93 bits per heavy atom. The first kappa shape index (κ1) is 10.9. The molecule has 0 bridgehead atoms. The lowest BCUT2D eigenvalue weighted by Gasteiger charge is -2.02. The molecule has 1 rings (SSSR count). The molecule has 0 aliphatic rings. The molecule has 14 heavy (non-hydrogen) atoms. The highest BCUT2D eigenvalue weighted by molar-refractivity contribution is 7.86. The lowest BCUT2D eigenvalue weighted by atomic mass is 10.2. The highest BCUT2D eigenvalue weighted by Crippen LogP contribution is 2.04. The zero-order chi connectivity index (χ0) is 10.4. The fourth-order valence-electron chi connectivity index (χ4n) is 0.925. The van der Waals surface area contributed by atoms with Gasteiger partial charge in [0.05, 0.1) is 12.4 Å². The molecule has 0 aliphatic carbocycles. The van der Waals surface area contributed by atoms with E-state index in [4.69, 9.17) is 4.18 Å². The molecule has 76 valence electrons. The van der Waals surface area contributed by atoms with Crippen LogP contribution in [0.4, 0.5) is 0 Å². The minimum atomic E-state index is -3.45. The Balaban J connectivity index is 2.53. The van der Waals surface area contributed by atoms with Gasteiger partial charge in [0, 0.05) is 0 Å². The summed E-state index contributed by atoms with van der Waals surface area (Å²) in [6.07, 6.45) is 1.31. The molecule has 0 aliphatic heterocycles. The van der Waals surface area contributed by atoms with Crippen molar-refractivity contribution in [2.24, 2.45) is 0 Å². The van der Waals surface area contributed by atoms with Gasteiger partial charge in [-0.05, 0) is 5.56 Å². The first-order valence-corrected chi connectivity index (χ1v) is 5.74. The zero-order valence-corrected chi connectivity index (χ0v) is 8.53. The van der Waals surface area contributed by atoms with Gasteiger partial charge in [0.25, 0.3) is 10.1 Å². The number of hydrogen-bond acceptors (Lipinski definition) is 3. The number of rotatable bonds is 5. The predicted octanol–water partition coefficient (Wildman–Crippen LogP) is 1.72. The van der Waals surface area contributed by atoms with Gasteiger partial charge in [0.15, 0.2) is 0 Å². The molecule has 0 amide bonds. The van der Waals surface area contributed by atoms with Gasteiger partial charge in [-0.15, -0.1) is 6.58 Å². The maximum atomic E-state index is 11.1. The van der Waals surface area contributed by atoms with Crippen molar-refractivity contribution in [3.8, 4) is 0 Å². The van der Waals surface area contributed by atoms with Crippen LogP contribution < -0.4 is 0 Å². The van der Waals surface area contributed by atoms with Crippen molar-refractivity contribution in [2.45, 2.75) is 6.61 Å². The summed E-state index contributed by atoms with van der Waals surface area (Å²) in [6.45, 7) is 3.42. The van der Waals surface area contributed by atoms with Crippen molar-refractivity contribution in [1.82, 2.24) is 0 Å². The van der Waals surface area contributed by atoms with E-state index in [1.165, 1.54) is 6.08 Å². The fraction of sp³-hybridized carbons (Fsp3) is 0.200. The topological polar surface area (TPSA) is 43.4 Å². The summed E-state index contributed by atoms with van der Waals surface area (Å²) in [5.74, 6) is -0.153. The predicted molar refractivity (Wildman–Crippen MR) is 55.2 cm³/mol. The first-order chi connectivity index (χ1) is 6.64. The third-order valence-corrected chi connectivity index (χ3v) is 2.69. The van der Waals surface area contributed by atoms with Crippen LogP contribution in [0.25, 0.3) is 0 Å². The van der Waals surface area contributed by atoms with Crippen molar-refractivity contribution in [2.75, 3.05) is 5.75 Å². The van der Waals surface area contributed by atoms with E-state index in [-0.39, 0.29) is 12.4 Å². The largest absolute Gasteiger partial charge is 0.271 e. The van der Waals surface area contributed by atoms with Gasteiger partial charge in [-0.1, -0.05) is 36.4 Å². The molecule has 1 aromatic carbocycles. The summed E-state index contributed by atoms with van der Waals surface area (Å²) in [6, 6.07) is 9.15. The lowest BCUT2D eigenvalue weighted by Crippen LogP contribution is -2.08. The average molecular weight is 212 g/mol. The van der Waals surface area contributed by atoms with Crippen LogP contribution in [0.3, 0.4) is 0 Å². The third-order valence-electron chi connectivity index (χ3n) is 1.57. The molecular weight excluding hydrogens is 200 g/mol. The second-order valence-corrected chi connectivity index (χ2v) is 4.45. The van der Waals surface area contributed by atoms with Crippen LogP contribution in [0.1, 0.15) is 5.56 Å². The molecule has 3 nitrogen and oxygen atoms in total. The Morgan fingerprint density at radius 1 is 1.29 bits per heavy atom. The third kappa shape index (κ3) is 3.72. The Kier molecular flexibility index (Phi) is 3.85. The highest BCUT2D eigenvalue weighted by atomic mass is 32.2. The van der Waals surface area contributed by atoms with Gasteiger partial charge in [-0.25, -0.2) is 0 Å². The molecule has 0 heterocycles. The molecule has 0 unspecified atom stereocenters. The Hall–Kier alpha value is -1.13. The van der Waals surface area contributed by atoms with Crippen LogP contribution >= 0.6 is 0 Å². The minimum Gasteiger partial charge on any atom is -0.265 e. The van der Waals surface area contributed by atoms with Crippen molar-refractivity contribution < 1.29 is 12.6 Å². The van der Waals surface area contributed by atoms with Crippen molar-refractivity contribution >= 4 is 10.1 Å². The van der Waals surface area contributed by atoms with Crippen LogP contribution in [-0.4, -0.2) is 14.2 Å². The molecular formula is C10H12O3S. The average Bonchev–Trinajstić information content (AvgIpc) is 2.17. The lowest BCUT2D eigenvalue weighted by molar-refractivity contribution is 0.310. The van der Waals surface area contributed by atoms with Crippen LogP contribution in [0, 0.1) is 0 Å². The van der Waals surface area contributed by atoms with Gasteiger partial charge in [-0.3, -0.25) is 4.18 Å². The van der Waals surface area contributed by atoms with E-state index in [1.807, 2.05) is 30.3 Å². The molecule has 0 spiro atoms. The molecule has 0 aromatic heterocycles. The van der Waals surface area contributed by atoms with Gasteiger partial charge in [0.1, 0.15) is 0 Å². The van der Waals surface area contributed by atoms with E-state index < -0.39 is 10.1 Å². The molecule has 4 heteroatoms. The monoisotopic (exact) mass is 212 g/mol. The van der Waals surface area contributed by atoms with Crippen LogP contribution in [-0.2, 0) is 20.9 Å². The standard InChI is InChI=1S/C10H12O3S/c1-2-8-14(11,12)13-9-10-6-4-3-5-7-10/h2-7H,1,8-9H2. The van der Waals surface area contributed by atoms with Crippen LogP contribution in [0.15, 0.2) is 43.0 Å². The molecule has 0 atom stereocenters. The normalized spacial score (nSPS) is 11.1. The van der Waals surface area contributed by atoms with E-state index >= 15 is 0 Å². The van der Waals surface area contributed by atoms with Crippen LogP contribution in [0.2, 0.25) is 0 Å². The van der Waals surface area contributed by atoms with E-state index in [2.05, 4.69) is 6.58 Å². The quantitative estimate of drug-likeness (QED) is 0.551. The summed E-state index contributed by atoms with van der Waals surface area (Å²) in [5, 5.41) is 0. The zero-order valence-electron chi connectivity index (χ0n) is 7.72. The maximum absolute atomic E-state index is 11.1. The molecule has 1 aromatic rings. The van der Waals surface area contributed by atoms with Gasteiger partial charge < -0.3 is 0 Å². The minimum absolute atomic E-state index is 0.0804. The number of benzene rings is 1. The summed E-state index contributed by atoms with van der Waals surface area (Å²) < 4.78 is 27.0.